The van der Waals surface area contributed by atoms with E-state index in [0.29, 0.717) is 13.2 Å². The molecule has 1 atom stereocenters. The Labute approximate surface area is 125 Å². The smallest absolute Gasteiger partial charge is 0.161 e. The molecule has 1 heterocycles. The SMILES string of the molecule is CCCOc1ccc(C(N)c2ccco2)cc1OCCC. The van der Waals surface area contributed by atoms with Crippen molar-refractivity contribution in [3.05, 3.63) is 47.9 Å². The van der Waals surface area contributed by atoms with Crippen LogP contribution in [0.25, 0.3) is 0 Å². The maximum atomic E-state index is 6.22. The van der Waals surface area contributed by atoms with Gasteiger partial charge in [-0.25, -0.2) is 0 Å². The van der Waals surface area contributed by atoms with E-state index in [2.05, 4.69) is 13.8 Å². The Morgan fingerprint density at radius 2 is 1.76 bits per heavy atom. The highest BCUT2D eigenvalue weighted by Gasteiger charge is 2.15. The summed E-state index contributed by atoms with van der Waals surface area (Å²) in [6, 6.07) is 9.22. The number of furan rings is 1. The predicted octanol–water partition coefficient (Wildman–Crippen LogP) is 3.91. The molecular formula is C17H23NO3. The van der Waals surface area contributed by atoms with Gasteiger partial charge in [-0.2, -0.15) is 0 Å². The summed E-state index contributed by atoms with van der Waals surface area (Å²) in [6.07, 6.45) is 3.53. The maximum Gasteiger partial charge on any atom is 0.161 e. The molecule has 2 rings (SSSR count). The second kappa shape index (κ2) is 7.74. The van der Waals surface area contributed by atoms with Gasteiger partial charge in [0.05, 0.1) is 25.5 Å². The van der Waals surface area contributed by atoms with E-state index in [-0.39, 0.29) is 6.04 Å². The first kappa shape index (κ1) is 15.4. The van der Waals surface area contributed by atoms with Gasteiger partial charge in [-0.15, -0.1) is 0 Å². The first-order chi connectivity index (χ1) is 10.3. The summed E-state index contributed by atoms with van der Waals surface area (Å²) in [5, 5.41) is 0. The number of hydrogen-bond donors (Lipinski definition) is 1. The fourth-order valence-electron chi connectivity index (χ4n) is 2.01. The van der Waals surface area contributed by atoms with Crippen LogP contribution >= 0.6 is 0 Å². The Morgan fingerprint density at radius 3 is 2.38 bits per heavy atom. The molecule has 1 aromatic heterocycles. The lowest BCUT2D eigenvalue weighted by Gasteiger charge is -2.15. The molecule has 0 fully saturated rings. The number of nitrogens with two attached hydrogens (primary N) is 1. The molecule has 4 nitrogen and oxygen atoms in total. The normalized spacial score (nSPS) is 12.1. The van der Waals surface area contributed by atoms with Crippen molar-refractivity contribution in [2.75, 3.05) is 13.2 Å². The summed E-state index contributed by atoms with van der Waals surface area (Å²) in [5.41, 5.74) is 7.16. The zero-order chi connectivity index (χ0) is 15.1. The van der Waals surface area contributed by atoms with Crippen LogP contribution in [0.5, 0.6) is 11.5 Å². The van der Waals surface area contributed by atoms with Crippen molar-refractivity contribution in [1.82, 2.24) is 0 Å². The molecule has 21 heavy (non-hydrogen) atoms. The summed E-state index contributed by atoms with van der Waals surface area (Å²) in [4.78, 5) is 0. The highest BCUT2D eigenvalue weighted by Crippen LogP contribution is 2.32. The molecule has 0 saturated heterocycles. The van der Waals surface area contributed by atoms with Crippen LogP contribution in [0.2, 0.25) is 0 Å². The molecule has 4 heteroatoms. The fraction of sp³-hybridized carbons (Fsp3) is 0.412. The van der Waals surface area contributed by atoms with Gasteiger partial charge in [0.25, 0.3) is 0 Å². The van der Waals surface area contributed by atoms with E-state index >= 15 is 0 Å². The molecule has 0 radical (unpaired) electrons. The second-order valence-corrected chi connectivity index (χ2v) is 4.90. The molecule has 2 N–H and O–H groups in total. The molecule has 0 aliphatic heterocycles. The summed E-state index contributed by atoms with van der Waals surface area (Å²) in [5.74, 6) is 2.24. The number of rotatable bonds is 8. The summed E-state index contributed by atoms with van der Waals surface area (Å²) >= 11 is 0. The van der Waals surface area contributed by atoms with E-state index in [1.54, 1.807) is 6.26 Å². The summed E-state index contributed by atoms with van der Waals surface area (Å²) in [6.45, 7) is 5.48. The van der Waals surface area contributed by atoms with Gasteiger partial charge in [0.2, 0.25) is 0 Å². The van der Waals surface area contributed by atoms with Crippen LogP contribution in [-0.2, 0) is 0 Å². The van der Waals surface area contributed by atoms with E-state index in [0.717, 1.165) is 35.7 Å². The molecule has 1 aromatic carbocycles. The third-order valence-corrected chi connectivity index (χ3v) is 3.10. The van der Waals surface area contributed by atoms with E-state index in [4.69, 9.17) is 19.6 Å². The number of benzene rings is 1. The molecular weight excluding hydrogens is 266 g/mol. The molecule has 0 saturated carbocycles. The van der Waals surface area contributed by atoms with Gasteiger partial charge in [0.15, 0.2) is 11.5 Å². The highest BCUT2D eigenvalue weighted by atomic mass is 16.5. The fourth-order valence-corrected chi connectivity index (χ4v) is 2.01. The topological polar surface area (TPSA) is 57.6 Å². The van der Waals surface area contributed by atoms with Crippen molar-refractivity contribution in [2.24, 2.45) is 5.73 Å². The predicted molar refractivity (Wildman–Crippen MR) is 82.8 cm³/mol. The average molecular weight is 289 g/mol. The molecule has 0 aliphatic carbocycles. The van der Waals surface area contributed by atoms with Gasteiger partial charge in [-0.1, -0.05) is 19.9 Å². The minimum Gasteiger partial charge on any atom is -0.490 e. The Hall–Kier alpha value is -1.94. The van der Waals surface area contributed by atoms with Crippen molar-refractivity contribution in [2.45, 2.75) is 32.7 Å². The second-order valence-electron chi connectivity index (χ2n) is 4.90. The molecule has 0 spiro atoms. The van der Waals surface area contributed by atoms with Gasteiger partial charge in [0.1, 0.15) is 5.76 Å². The lowest BCUT2D eigenvalue weighted by atomic mass is 10.0. The van der Waals surface area contributed by atoms with Crippen LogP contribution in [0.1, 0.15) is 44.1 Å². The number of hydrogen-bond acceptors (Lipinski definition) is 4. The first-order valence-corrected chi connectivity index (χ1v) is 7.44. The molecule has 114 valence electrons. The maximum absolute atomic E-state index is 6.22. The van der Waals surface area contributed by atoms with E-state index in [1.165, 1.54) is 0 Å². The molecule has 0 amide bonds. The zero-order valence-electron chi connectivity index (χ0n) is 12.7. The Morgan fingerprint density at radius 1 is 1.05 bits per heavy atom. The molecule has 0 aliphatic rings. The van der Waals surface area contributed by atoms with Crippen molar-refractivity contribution in [3.63, 3.8) is 0 Å². The molecule has 2 aromatic rings. The standard InChI is InChI=1S/C17H23NO3/c1-3-9-19-14-8-7-13(12-16(14)20-10-4-2)17(18)15-6-5-11-21-15/h5-8,11-12,17H,3-4,9-10,18H2,1-2H3. The minimum atomic E-state index is -0.302. The van der Waals surface area contributed by atoms with Gasteiger partial charge in [0, 0.05) is 0 Å². The number of ether oxygens (including phenoxy) is 2. The largest absolute Gasteiger partial charge is 0.490 e. The van der Waals surface area contributed by atoms with Gasteiger partial charge >= 0.3 is 0 Å². The van der Waals surface area contributed by atoms with Gasteiger partial charge < -0.3 is 19.6 Å². The third kappa shape index (κ3) is 4.02. The highest BCUT2D eigenvalue weighted by molar-refractivity contribution is 5.45. The van der Waals surface area contributed by atoms with Crippen molar-refractivity contribution < 1.29 is 13.9 Å². The van der Waals surface area contributed by atoms with E-state index < -0.39 is 0 Å². The quantitative estimate of drug-likeness (QED) is 0.800. The van der Waals surface area contributed by atoms with Crippen LogP contribution in [-0.4, -0.2) is 13.2 Å². The monoisotopic (exact) mass is 289 g/mol. The van der Waals surface area contributed by atoms with Gasteiger partial charge in [-0.05, 0) is 42.7 Å². The summed E-state index contributed by atoms with van der Waals surface area (Å²) in [7, 11) is 0. The van der Waals surface area contributed by atoms with Crippen LogP contribution < -0.4 is 15.2 Å². The van der Waals surface area contributed by atoms with Crippen LogP contribution in [0.4, 0.5) is 0 Å². The Kier molecular flexibility index (Phi) is 5.69. The Bertz CT molecular complexity index is 537. The lowest BCUT2D eigenvalue weighted by Crippen LogP contribution is -2.11. The summed E-state index contributed by atoms with van der Waals surface area (Å²) < 4.78 is 16.9. The van der Waals surface area contributed by atoms with Crippen molar-refractivity contribution >= 4 is 0 Å². The van der Waals surface area contributed by atoms with Gasteiger partial charge in [-0.3, -0.25) is 0 Å². The zero-order valence-corrected chi connectivity index (χ0v) is 12.7. The van der Waals surface area contributed by atoms with Crippen molar-refractivity contribution in [3.8, 4) is 11.5 Å². The molecule has 0 bridgehead atoms. The molecule has 1 unspecified atom stereocenters. The minimum absolute atomic E-state index is 0.302. The van der Waals surface area contributed by atoms with Crippen molar-refractivity contribution in [1.29, 1.82) is 0 Å². The van der Waals surface area contributed by atoms with Crippen LogP contribution in [0.3, 0.4) is 0 Å². The lowest BCUT2D eigenvalue weighted by molar-refractivity contribution is 0.268. The Balaban J connectivity index is 2.22. The van der Waals surface area contributed by atoms with E-state index in [1.807, 2.05) is 30.3 Å². The van der Waals surface area contributed by atoms with E-state index in [9.17, 15) is 0 Å². The third-order valence-electron chi connectivity index (χ3n) is 3.10. The van der Waals surface area contributed by atoms with Crippen LogP contribution in [0.15, 0.2) is 41.0 Å². The van der Waals surface area contributed by atoms with Crippen LogP contribution in [0, 0.1) is 0 Å². The first-order valence-electron chi connectivity index (χ1n) is 7.44. The average Bonchev–Trinajstić information content (AvgIpc) is 3.04.